The van der Waals surface area contributed by atoms with Gasteiger partial charge in [0.15, 0.2) is 0 Å². The number of carbonyl (C=O) groups excluding carboxylic acids is 2. The van der Waals surface area contributed by atoms with Crippen LogP contribution < -0.4 is 4.90 Å². The Bertz CT molecular complexity index is 606. The van der Waals surface area contributed by atoms with Crippen LogP contribution in [-0.4, -0.2) is 11.8 Å². The molecule has 1 heterocycles. The van der Waals surface area contributed by atoms with Gasteiger partial charge in [-0.3, -0.25) is 14.5 Å². The quantitative estimate of drug-likeness (QED) is 0.569. The Labute approximate surface area is 111 Å². The molecule has 1 aromatic rings. The molecule has 19 heavy (non-hydrogen) atoms. The molecular formula is C16H15NO2. The van der Waals surface area contributed by atoms with E-state index in [1.54, 1.807) is 0 Å². The van der Waals surface area contributed by atoms with Crippen molar-refractivity contribution in [3.8, 4) is 0 Å². The van der Waals surface area contributed by atoms with Gasteiger partial charge in [0, 0.05) is 0 Å². The predicted molar refractivity (Wildman–Crippen MR) is 71.3 cm³/mol. The lowest BCUT2D eigenvalue weighted by Crippen LogP contribution is -2.34. The summed E-state index contributed by atoms with van der Waals surface area (Å²) in [6.07, 6.45) is 5.21. The molecule has 0 aromatic heterocycles. The maximum Gasteiger partial charge on any atom is 0.238 e. The van der Waals surface area contributed by atoms with Gasteiger partial charge in [-0.05, 0) is 29.9 Å². The average molecular weight is 253 g/mol. The van der Waals surface area contributed by atoms with Gasteiger partial charge in [0.1, 0.15) is 0 Å². The van der Waals surface area contributed by atoms with Gasteiger partial charge in [0.05, 0.1) is 17.5 Å². The second-order valence-electron chi connectivity index (χ2n) is 6.08. The van der Waals surface area contributed by atoms with E-state index in [1.807, 2.05) is 30.3 Å². The zero-order valence-corrected chi connectivity index (χ0v) is 10.7. The van der Waals surface area contributed by atoms with Gasteiger partial charge in [0.2, 0.25) is 11.8 Å². The standard InChI is InChI=1S/C16H15NO2/c1-16-8-7-10(9-16)12-13(16)15(19)17(14(12)18)11-5-3-2-4-6-11/h2-8,10,12-13H,9H2,1H3. The topological polar surface area (TPSA) is 37.4 Å². The lowest BCUT2D eigenvalue weighted by atomic mass is 9.76. The van der Waals surface area contributed by atoms with E-state index >= 15 is 0 Å². The third kappa shape index (κ3) is 1.23. The van der Waals surface area contributed by atoms with Crippen LogP contribution in [0.4, 0.5) is 5.69 Å². The Balaban J connectivity index is 1.80. The molecule has 3 aliphatic rings. The van der Waals surface area contributed by atoms with Crippen molar-refractivity contribution in [3.05, 3.63) is 42.5 Å². The molecule has 2 amide bonds. The number of benzene rings is 1. The van der Waals surface area contributed by atoms with Crippen molar-refractivity contribution in [2.45, 2.75) is 13.3 Å². The van der Waals surface area contributed by atoms with Gasteiger partial charge in [0.25, 0.3) is 0 Å². The predicted octanol–water partition coefficient (Wildman–Crippen LogP) is 2.39. The first-order valence-electron chi connectivity index (χ1n) is 6.74. The van der Waals surface area contributed by atoms with Crippen molar-refractivity contribution in [1.82, 2.24) is 0 Å². The molecule has 1 aliphatic heterocycles. The summed E-state index contributed by atoms with van der Waals surface area (Å²) in [5.41, 5.74) is 0.584. The molecule has 1 saturated heterocycles. The van der Waals surface area contributed by atoms with Crippen LogP contribution in [0.2, 0.25) is 0 Å². The first-order chi connectivity index (χ1) is 9.12. The third-order valence-electron chi connectivity index (χ3n) is 4.94. The molecule has 0 spiro atoms. The van der Waals surface area contributed by atoms with Crippen LogP contribution in [-0.2, 0) is 9.59 Å². The Morgan fingerprint density at radius 3 is 2.58 bits per heavy atom. The second kappa shape index (κ2) is 3.35. The van der Waals surface area contributed by atoms with E-state index in [9.17, 15) is 9.59 Å². The van der Waals surface area contributed by atoms with Gasteiger partial charge in [-0.1, -0.05) is 37.3 Å². The minimum atomic E-state index is -0.157. The van der Waals surface area contributed by atoms with Crippen molar-refractivity contribution in [3.63, 3.8) is 0 Å². The molecule has 0 radical (unpaired) electrons. The molecular weight excluding hydrogens is 238 g/mol. The Morgan fingerprint density at radius 2 is 1.89 bits per heavy atom. The van der Waals surface area contributed by atoms with E-state index < -0.39 is 0 Å². The second-order valence-corrected chi connectivity index (χ2v) is 6.08. The highest BCUT2D eigenvalue weighted by Gasteiger charge is 2.64. The SMILES string of the molecule is CC12C=CC(C1)C1C(=O)N(c3ccccc3)C(=O)C12. The van der Waals surface area contributed by atoms with Crippen LogP contribution in [0.1, 0.15) is 13.3 Å². The number of allylic oxidation sites excluding steroid dienone is 2. The number of amides is 2. The van der Waals surface area contributed by atoms with Gasteiger partial charge < -0.3 is 0 Å². The van der Waals surface area contributed by atoms with Crippen molar-refractivity contribution < 1.29 is 9.59 Å². The molecule has 2 fully saturated rings. The molecule has 1 saturated carbocycles. The van der Waals surface area contributed by atoms with Crippen LogP contribution in [0.5, 0.6) is 0 Å². The normalized spacial score (nSPS) is 39.2. The van der Waals surface area contributed by atoms with Crippen molar-refractivity contribution in [2.75, 3.05) is 4.90 Å². The fourth-order valence-electron chi connectivity index (χ4n) is 4.11. The Hall–Kier alpha value is -1.90. The lowest BCUT2D eigenvalue weighted by Gasteiger charge is -2.25. The fraction of sp³-hybridized carbons (Fsp3) is 0.375. The van der Waals surface area contributed by atoms with Gasteiger partial charge in [-0.2, -0.15) is 0 Å². The van der Waals surface area contributed by atoms with Crippen LogP contribution in [0.25, 0.3) is 0 Å². The number of imide groups is 1. The van der Waals surface area contributed by atoms with Crippen molar-refractivity contribution in [1.29, 1.82) is 0 Å². The summed E-state index contributed by atoms with van der Waals surface area (Å²) in [6, 6.07) is 9.27. The van der Waals surface area contributed by atoms with Gasteiger partial charge >= 0.3 is 0 Å². The number of fused-ring (bicyclic) bond motifs is 5. The highest BCUT2D eigenvalue weighted by molar-refractivity contribution is 6.23. The zero-order chi connectivity index (χ0) is 13.2. The average Bonchev–Trinajstić information content (AvgIpc) is 3.00. The minimum absolute atomic E-state index is 0.0146. The smallest absolute Gasteiger partial charge is 0.238 e. The number of para-hydroxylation sites is 1. The van der Waals surface area contributed by atoms with Crippen LogP contribution in [0.3, 0.4) is 0 Å². The monoisotopic (exact) mass is 253 g/mol. The van der Waals surface area contributed by atoms with Crippen LogP contribution in [0, 0.1) is 23.2 Å². The Kier molecular flexibility index (Phi) is 1.93. The summed E-state index contributed by atoms with van der Waals surface area (Å²) in [4.78, 5) is 26.7. The highest BCUT2D eigenvalue weighted by atomic mass is 16.2. The summed E-state index contributed by atoms with van der Waals surface area (Å²) in [6.45, 7) is 2.10. The van der Waals surface area contributed by atoms with Crippen molar-refractivity contribution >= 4 is 17.5 Å². The number of carbonyl (C=O) groups is 2. The van der Waals surface area contributed by atoms with Crippen LogP contribution in [0.15, 0.2) is 42.5 Å². The number of hydrogen-bond donors (Lipinski definition) is 0. The van der Waals surface area contributed by atoms with E-state index in [0.717, 1.165) is 6.42 Å². The number of rotatable bonds is 1. The summed E-state index contributed by atoms with van der Waals surface area (Å²) in [7, 11) is 0. The zero-order valence-electron chi connectivity index (χ0n) is 10.7. The van der Waals surface area contributed by atoms with E-state index in [1.165, 1.54) is 4.90 Å². The van der Waals surface area contributed by atoms with E-state index in [0.29, 0.717) is 5.69 Å². The molecule has 3 heteroatoms. The summed E-state index contributed by atoms with van der Waals surface area (Å²) in [5.74, 6) is -0.0760. The maximum atomic E-state index is 12.7. The van der Waals surface area contributed by atoms with Gasteiger partial charge in [-0.15, -0.1) is 0 Å². The Morgan fingerprint density at radius 1 is 1.16 bits per heavy atom. The number of anilines is 1. The lowest BCUT2D eigenvalue weighted by molar-refractivity contribution is -0.123. The molecule has 4 atom stereocenters. The molecule has 3 nitrogen and oxygen atoms in total. The molecule has 4 rings (SSSR count). The molecule has 2 bridgehead atoms. The first-order valence-corrected chi connectivity index (χ1v) is 6.74. The molecule has 4 unspecified atom stereocenters. The van der Waals surface area contributed by atoms with E-state index in [4.69, 9.17) is 0 Å². The summed E-state index contributed by atoms with van der Waals surface area (Å²) >= 11 is 0. The third-order valence-corrected chi connectivity index (χ3v) is 4.94. The van der Waals surface area contributed by atoms with E-state index in [2.05, 4.69) is 19.1 Å². The molecule has 0 N–H and O–H groups in total. The largest absolute Gasteiger partial charge is 0.274 e. The molecule has 96 valence electrons. The van der Waals surface area contributed by atoms with Gasteiger partial charge in [-0.25, -0.2) is 0 Å². The van der Waals surface area contributed by atoms with Crippen LogP contribution >= 0.6 is 0 Å². The first kappa shape index (κ1) is 11.0. The number of hydrogen-bond acceptors (Lipinski definition) is 2. The van der Waals surface area contributed by atoms with Crippen molar-refractivity contribution in [2.24, 2.45) is 23.2 Å². The summed E-state index contributed by atoms with van der Waals surface area (Å²) in [5, 5.41) is 0. The highest BCUT2D eigenvalue weighted by Crippen LogP contribution is 2.60. The molecule has 2 aliphatic carbocycles. The molecule has 1 aromatic carbocycles. The van der Waals surface area contributed by atoms with E-state index in [-0.39, 0.29) is 35.0 Å². The summed E-state index contributed by atoms with van der Waals surface area (Å²) < 4.78 is 0. The number of nitrogens with zero attached hydrogens (tertiary/aromatic N) is 1. The minimum Gasteiger partial charge on any atom is -0.274 e. The fourth-order valence-corrected chi connectivity index (χ4v) is 4.11. The maximum absolute atomic E-state index is 12.7.